The van der Waals surface area contributed by atoms with Crippen molar-refractivity contribution in [2.45, 2.75) is 40.8 Å². The summed E-state index contributed by atoms with van der Waals surface area (Å²) in [5.74, 6) is 0. The van der Waals surface area contributed by atoms with Crippen LogP contribution in [0.4, 0.5) is 0 Å². The largest absolute Gasteiger partial charge is 0.339 e. The van der Waals surface area contributed by atoms with Crippen molar-refractivity contribution in [3.63, 3.8) is 0 Å². The molecular formula is C10H21N3. The number of nitrogens with zero attached hydrogens (tertiary/aromatic N) is 3. The summed E-state index contributed by atoms with van der Waals surface area (Å²) in [6.07, 6.45) is 2.38. The first-order valence-electron chi connectivity index (χ1n) is 5.07. The SMILES string of the molecule is CCN1C=NN(CC)C1C(C)(C)C. The third-order valence-corrected chi connectivity index (χ3v) is 2.41. The lowest BCUT2D eigenvalue weighted by Gasteiger charge is -2.38. The monoisotopic (exact) mass is 183 g/mol. The Labute approximate surface area is 81.4 Å². The lowest BCUT2D eigenvalue weighted by molar-refractivity contribution is 0.0428. The molecule has 0 aromatic rings. The van der Waals surface area contributed by atoms with E-state index in [1.54, 1.807) is 0 Å². The summed E-state index contributed by atoms with van der Waals surface area (Å²) in [7, 11) is 0. The van der Waals surface area contributed by atoms with E-state index in [2.05, 4.69) is 49.6 Å². The van der Waals surface area contributed by atoms with E-state index < -0.39 is 0 Å². The fourth-order valence-corrected chi connectivity index (χ4v) is 1.88. The van der Waals surface area contributed by atoms with E-state index in [1.165, 1.54) is 0 Å². The maximum Gasteiger partial charge on any atom is 0.124 e. The third kappa shape index (κ3) is 1.95. The highest BCUT2D eigenvalue weighted by molar-refractivity contribution is 5.57. The summed E-state index contributed by atoms with van der Waals surface area (Å²) in [5, 5.41) is 6.54. The van der Waals surface area contributed by atoms with Gasteiger partial charge in [0.2, 0.25) is 0 Å². The van der Waals surface area contributed by atoms with Gasteiger partial charge in [-0.05, 0) is 13.8 Å². The topological polar surface area (TPSA) is 18.8 Å². The van der Waals surface area contributed by atoms with Crippen molar-refractivity contribution in [3.05, 3.63) is 0 Å². The van der Waals surface area contributed by atoms with Gasteiger partial charge in [0.15, 0.2) is 0 Å². The minimum absolute atomic E-state index is 0.252. The molecule has 3 nitrogen and oxygen atoms in total. The quantitative estimate of drug-likeness (QED) is 0.651. The van der Waals surface area contributed by atoms with Gasteiger partial charge in [-0.3, -0.25) is 5.01 Å². The molecule has 0 aliphatic carbocycles. The molecule has 0 fully saturated rings. The van der Waals surface area contributed by atoms with Crippen molar-refractivity contribution in [1.29, 1.82) is 0 Å². The zero-order valence-corrected chi connectivity index (χ0v) is 9.41. The Bertz CT molecular complexity index is 179. The van der Waals surface area contributed by atoms with E-state index in [0.29, 0.717) is 6.17 Å². The average molecular weight is 183 g/mol. The number of hydrogen-bond acceptors (Lipinski definition) is 3. The van der Waals surface area contributed by atoms with Crippen LogP contribution < -0.4 is 0 Å². The van der Waals surface area contributed by atoms with E-state index in [9.17, 15) is 0 Å². The summed E-state index contributed by atoms with van der Waals surface area (Å²) in [6.45, 7) is 13.1. The van der Waals surface area contributed by atoms with Crippen molar-refractivity contribution in [3.8, 4) is 0 Å². The van der Waals surface area contributed by atoms with Gasteiger partial charge in [0.05, 0.1) is 0 Å². The molecule has 3 heteroatoms. The van der Waals surface area contributed by atoms with Gasteiger partial charge in [0.25, 0.3) is 0 Å². The summed E-state index contributed by atoms with van der Waals surface area (Å²) in [6, 6.07) is 0. The maximum absolute atomic E-state index is 4.39. The fraction of sp³-hybridized carbons (Fsp3) is 0.900. The number of hydrazone groups is 1. The first-order valence-corrected chi connectivity index (χ1v) is 5.07. The highest BCUT2D eigenvalue weighted by atomic mass is 15.6. The zero-order chi connectivity index (χ0) is 10.1. The molecular weight excluding hydrogens is 162 g/mol. The van der Waals surface area contributed by atoms with Crippen LogP contribution in [0.15, 0.2) is 5.10 Å². The van der Waals surface area contributed by atoms with Gasteiger partial charge in [-0.15, -0.1) is 0 Å². The second-order valence-corrected chi connectivity index (χ2v) is 4.56. The molecule has 0 bridgehead atoms. The van der Waals surface area contributed by atoms with Crippen molar-refractivity contribution in [1.82, 2.24) is 9.91 Å². The standard InChI is InChI=1S/C10H21N3/c1-6-12-8-11-13(7-2)9(12)10(3,4)5/h8-9H,6-7H2,1-5H3. The third-order valence-electron chi connectivity index (χ3n) is 2.41. The van der Waals surface area contributed by atoms with Crippen LogP contribution in [0.5, 0.6) is 0 Å². The van der Waals surface area contributed by atoms with E-state index >= 15 is 0 Å². The molecule has 0 aromatic carbocycles. The lowest BCUT2D eigenvalue weighted by Crippen LogP contribution is -2.48. The fourth-order valence-electron chi connectivity index (χ4n) is 1.88. The Balaban J connectivity index is 2.78. The molecule has 0 saturated heterocycles. The summed E-state index contributed by atoms with van der Waals surface area (Å²) < 4.78 is 0. The second-order valence-electron chi connectivity index (χ2n) is 4.56. The van der Waals surface area contributed by atoms with Crippen molar-refractivity contribution in [2.24, 2.45) is 10.5 Å². The molecule has 13 heavy (non-hydrogen) atoms. The number of rotatable bonds is 2. The van der Waals surface area contributed by atoms with Crippen LogP contribution in [0.1, 0.15) is 34.6 Å². The molecule has 1 aliphatic rings. The molecule has 1 unspecified atom stereocenters. The van der Waals surface area contributed by atoms with Gasteiger partial charge < -0.3 is 4.90 Å². The minimum atomic E-state index is 0.252. The van der Waals surface area contributed by atoms with E-state index in [-0.39, 0.29) is 5.41 Å². The van der Waals surface area contributed by atoms with E-state index in [1.807, 2.05) is 6.34 Å². The molecule has 0 aromatic heterocycles. The molecule has 76 valence electrons. The maximum atomic E-state index is 4.39. The highest BCUT2D eigenvalue weighted by Gasteiger charge is 2.35. The van der Waals surface area contributed by atoms with E-state index in [4.69, 9.17) is 0 Å². The molecule has 1 atom stereocenters. The van der Waals surface area contributed by atoms with Crippen molar-refractivity contribution in [2.75, 3.05) is 13.1 Å². The van der Waals surface area contributed by atoms with Crippen LogP contribution in [0, 0.1) is 5.41 Å². The van der Waals surface area contributed by atoms with Crippen molar-refractivity contribution >= 4 is 6.34 Å². The Kier molecular flexibility index (Phi) is 2.84. The van der Waals surface area contributed by atoms with E-state index in [0.717, 1.165) is 13.1 Å². The van der Waals surface area contributed by atoms with Gasteiger partial charge in [0.1, 0.15) is 12.5 Å². The van der Waals surface area contributed by atoms with Gasteiger partial charge in [0, 0.05) is 18.5 Å². The van der Waals surface area contributed by atoms with Gasteiger partial charge in [-0.1, -0.05) is 20.8 Å². The van der Waals surface area contributed by atoms with Crippen LogP contribution in [-0.4, -0.2) is 35.5 Å². The molecule has 1 rings (SSSR count). The summed E-state index contributed by atoms with van der Waals surface area (Å²) >= 11 is 0. The summed E-state index contributed by atoms with van der Waals surface area (Å²) in [4.78, 5) is 2.30. The Morgan fingerprint density at radius 1 is 1.23 bits per heavy atom. The van der Waals surface area contributed by atoms with Crippen molar-refractivity contribution < 1.29 is 0 Å². The van der Waals surface area contributed by atoms with Gasteiger partial charge >= 0.3 is 0 Å². The van der Waals surface area contributed by atoms with Crippen LogP contribution in [0.2, 0.25) is 0 Å². The Morgan fingerprint density at radius 2 is 1.85 bits per heavy atom. The molecule has 0 radical (unpaired) electrons. The first-order chi connectivity index (χ1) is 6.00. The predicted octanol–water partition coefficient (Wildman–Crippen LogP) is 1.96. The molecule has 0 N–H and O–H groups in total. The minimum Gasteiger partial charge on any atom is -0.339 e. The van der Waals surface area contributed by atoms with Crippen LogP contribution in [0.3, 0.4) is 0 Å². The van der Waals surface area contributed by atoms with Crippen LogP contribution in [-0.2, 0) is 0 Å². The Morgan fingerprint density at radius 3 is 2.23 bits per heavy atom. The zero-order valence-electron chi connectivity index (χ0n) is 9.41. The van der Waals surface area contributed by atoms with Crippen LogP contribution >= 0.6 is 0 Å². The average Bonchev–Trinajstić information content (AvgIpc) is 2.45. The molecule has 0 spiro atoms. The lowest BCUT2D eigenvalue weighted by atomic mass is 9.91. The predicted molar refractivity (Wildman–Crippen MR) is 56.5 cm³/mol. The summed E-state index contributed by atoms with van der Waals surface area (Å²) in [5.41, 5.74) is 0.252. The first kappa shape index (κ1) is 10.4. The smallest absolute Gasteiger partial charge is 0.124 e. The molecule has 0 amide bonds. The Hall–Kier alpha value is -0.730. The normalized spacial score (nSPS) is 23.0. The molecule has 1 aliphatic heterocycles. The number of hydrogen-bond donors (Lipinski definition) is 0. The molecule has 1 heterocycles. The van der Waals surface area contributed by atoms with Crippen LogP contribution in [0.25, 0.3) is 0 Å². The highest BCUT2D eigenvalue weighted by Crippen LogP contribution is 2.29. The molecule has 0 saturated carbocycles. The van der Waals surface area contributed by atoms with Gasteiger partial charge in [-0.2, -0.15) is 5.10 Å². The van der Waals surface area contributed by atoms with Gasteiger partial charge in [-0.25, -0.2) is 0 Å². The second kappa shape index (κ2) is 3.56.